The molecule has 0 saturated heterocycles. The van der Waals surface area contributed by atoms with Crippen LogP contribution in [0.2, 0.25) is 0 Å². The maximum atomic E-state index is 5.34. The van der Waals surface area contributed by atoms with E-state index in [1.54, 1.807) is 6.21 Å². The molecule has 1 heterocycles. The van der Waals surface area contributed by atoms with E-state index in [1.165, 1.54) is 0 Å². The van der Waals surface area contributed by atoms with Gasteiger partial charge in [-0.3, -0.25) is 0 Å². The first-order chi connectivity index (χ1) is 7.56. The molecule has 0 aromatic heterocycles. The molecule has 1 aromatic rings. The van der Waals surface area contributed by atoms with Crippen molar-refractivity contribution in [3.63, 3.8) is 0 Å². The number of para-hydroxylation sites is 1. The molecule has 0 aliphatic carbocycles. The van der Waals surface area contributed by atoms with Gasteiger partial charge in [0.1, 0.15) is 5.60 Å². The summed E-state index contributed by atoms with van der Waals surface area (Å²) < 4.78 is 10.6. The third-order valence-corrected chi connectivity index (χ3v) is 1.95. The number of oxime groups is 1. The Morgan fingerprint density at radius 1 is 1.31 bits per heavy atom. The number of ether oxygens (including phenoxy) is 2. The topological polar surface area (TPSA) is 40.0 Å². The van der Waals surface area contributed by atoms with Gasteiger partial charge < -0.3 is 14.3 Å². The van der Waals surface area contributed by atoms with Crippen LogP contribution in [0.4, 0.5) is 0 Å². The molecule has 0 atom stereocenters. The number of hydrogen-bond donors (Lipinski definition) is 0. The molecule has 0 saturated carbocycles. The van der Waals surface area contributed by atoms with Gasteiger partial charge in [0.05, 0.1) is 6.21 Å². The molecule has 0 spiro atoms. The van der Waals surface area contributed by atoms with Gasteiger partial charge in [-0.05, 0) is 32.9 Å². The molecular formula is C12H15NO3. The van der Waals surface area contributed by atoms with Gasteiger partial charge in [0.2, 0.25) is 6.79 Å². The van der Waals surface area contributed by atoms with Gasteiger partial charge in [0.15, 0.2) is 11.5 Å². The lowest BCUT2D eigenvalue weighted by Gasteiger charge is -2.14. The highest BCUT2D eigenvalue weighted by atomic mass is 16.7. The molecule has 86 valence electrons. The van der Waals surface area contributed by atoms with Crippen molar-refractivity contribution in [2.45, 2.75) is 26.4 Å². The van der Waals surface area contributed by atoms with Crippen molar-refractivity contribution in [2.75, 3.05) is 6.79 Å². The molecule has 1 aliphatic heterocycles. The highest BCUT2D eigenvalue weighted by molar-refractivity contribution is 5.84. The lowest BCUT2D eigenvalue weighted by molar-refractivity contribution is 0.00197. The van der Waals surface area contributed by atoms with E-state index < -0.39 is 0 Å². The summed E-state index contributed by atoms with van der Waals surface area (Å²) in [5.74, 6) is 1.48. The van der Waals surface area contributed by atoms with Crippen LogP contribution >= 0.6 is 0 Å². The molecule has 0 fully saturated rings. The van der Waals surface area contributed by atoms with E-state index >= 15 is 0 Å². The minimum Gasteiger partial charge on any atom is -0.454 e. The van der Waals surface area contributed by atoms with Crippen molar-refractivity contribution < 1.29 is 14.3 Å². The van der Waals surface area contributed by atoms with Gasteiger partial charge in [-0.1, -0.05) is 11.2 Å². The van der Waals surface area contributed by atoms with Gasteiger partial charge in [0.25, 0.3) is 0 Å². The van der Waals surface area contributed by atoms with Gasteiger partial charge in [-0.25, -0.2) is 0 Å². The van der Waals surface area contributed by atoms with Crippen molar-refractivity contribution in [2.24, 2.45) is 5.16 Å². The first-order valence-electron chi connectivity index (χ1n) is 5.16. The summed E-state index contributed by atoms with van der Waals surface area (Å²) in [7, 11) is 0. The molecule has 0 bridgehead atoms. The van der Waals surface area contributed by atoms with E-state index in [1.807, 2.05) is 39.0 Å². The van der Waals surface area contributed by atoms with Crippen LogP contribution in [0.5, 0.6) is 11.5 Å². The fourth-order valence-electron chi connectivity index (χ4n) is 1.30. The second kappa shape index (κ2) is 4.04. The minimum atomic E-state index is -0.286. The molecule has 2 rings (SSSR count). The lowest BCUT2D eigenvalue weighted by Crippen LogP contribution is -2.15. The van der Waals surface area contributed by atoms with Crippen LogP contribution in [-0.2, 0) is 4.84 Å². The predicted octanol–water partition coefficient (Wildman–Crippen LogP) is 2.56. The number of nitrogens with zero attached hydrogens (tertiary/aromatic N) is 1. The Balaban J connectivity index is 2.13. The van der Waals surface area contributed by atoms with Crippen LogP contribution in [0.3, 0.4) is 0 Å². The molecular weight excluding hydrogens is 206 g/mol. The van der Waals surface area contributed by atoms with Crippen LogP contribution in [0, 0.1) is 0 Å². The summed E-state index contributed by atoms with van der Waals surface area (Å²) in [5.41, 5.74) is 0.575. The van der Waals surface area contributed by atoms with E-state index in [2.05, 4.69) is 5.16 Å². The van der Waals surface area contributed by atoms with Gasteiger partial charge in [0, 0.05) is 5.56 Å². The minimum absolute atomic E-state index is 0.264. The molecule has 0 amide bonds. The smallest absolute Gasteiger partial charge is 0.231 e. The van der Waals surface area contributed by atoms with Crippen LogP contribution in [0.15, 0.2) is 23.4 Å². The molecule has 16 heavy (non-hydrogen) atoms. The lowest BCUT2D eigenvalue weighted by atomic mass is 10.2. The van der Waals surface area contributed by atoms with E-state index in [9.17, 15) is 0 Å². The normalized spacial score (nSPS) is 14.4. The third kappa shape index (κ3) is 2.45. The standard InChI is InChI=1S/C12H15NO3/c1-12(2,3)16-13-7-9-5-4-6-10-11(9)15-8-14-10/h4-7H,8H2,1-3H3/b13-7-. The predicted molar refractivity (Wildman–Crippen MR) is 61.0 cm³/mol. The highest BCUT2D eigenvalue weighted by Crippen LogP contribution is 2.34. The van der Waals surface area contributed by atoms with Gasteiger partial charge in [-0.15, -0.1) is 0 Å². The zero-order valence-corrected chi connectivity index (χ0v) is 9.69. The summed E-state index contributed by atoms with van der Waals surface area (Å²) in [5, 5.41) is 3.93. The molecule has 0 N–H and O–H groups in total. The SMILES string of the molecule is CC(C)(C)O/N=C\c1cccc2c1OCO2. The number of benzene rings is 1. The Morgan fingerprint density at radius 2 is 2.12 bits per heavy atom. The summed E-state index contributed by atoms with van der Waals surface area (Å²) in [6.07, 6.45) is 1.64. The number of rotatable bonds is 2. The van der Waals surface area contributed by atoms with Crippen molar-refractivity contribution in [1.29, 1.82) is 0 Å². The van der Waals surface area contributed by atoms with Gasteiger partial charge >= 0.3 is 0 Å². The molecule has 4 heteroatoms. The van der Waals surface area contributed by atoms with Crippen LogP contribution in [0.1, 0.15) is 26.3 Å². The number of fused-ring (bicyclic) bond motifs is 1. The molecule has 1 aliphatic rings. The van der Waals surface area contributed by atoms with Crippen molar-refractivity contribution >= 4 is 6.21 Å². The first-order valence-corrected chi connectivity index (χ1v) is 5.16. The number of hydrogen-bond acceptors (Lipinski definition) is 4. The highest BCUT2D eigenvalue weighted by Gasteiger charge is 2.16. The van der Waals surface area contributed by atoms with Crippen molar-refractivity contribution in [1.82, 2.24) is 0 Å². The fourth-order valence-corrected chi connectivity index (χ4v) is 1.30. The largest absolute Gasteiger partial charge is 0.454 e. The molecule has 1 aromatic carbocycles. The quantitative estimate of drug-likeness (QED) is 0.569. The van der Waals surface area contributed by atoms with E-state index in [0.29, 0.717) is 0 Å². The molecule has 0 radical (unpaired) electrons. The Labute approximate surface area is 94.8 Å². The Hall–Kier alpha value is -1.71. The van der Waals surface area contributed by atoms with E-state index in [0.717, 1.165) is 17.1 Å². The molecule has 0 unspecified atom stereocenters. The average molecular weight is 221 g/mol. The first kappa shape index (κ1) is 10.8. The zero-order valence-electron chi connectivity index (χ0n) is 9.69. The maximum absolute atomic E-state index is 5.34. The van der Waals surface area contributed by atoms with Crippen LogP contribution in [0.25, 0.3) is 0 Å². The van der Waals surface area contributed by atoms with E-state index in [4.69, 9.17) is 14.3 Å². The van der Waals surface area contributed by atoms with Gasteiger partial charge in [-0.2, -0.15) is 0 Å². The fraction of sp³-hybridized carbons (Fsp3) is 0.417. The second-order valence-corrected chi connectivity index (χ2v) is 4.52. The summed E-state index contributed by atoms with van der Waals surface area (Å²) >= 11 is 0. The average Bonchev–Trinajstić information content (AvgIpc) is 2.64. The van der Waals surface area contributed by atoms with Crippen molar-refractivity contribution in [3.05, 3.63) is 23.8 Å². The molecule has 4 nitrogen and oxygen atoms in total. The van der Waals surface area contributed by atoms with Crippen LogP contribution < -0.4 is 9.47 Å². The summed E-state index contributed by atoms with van der Waals surface area (Å²) in [6.45, 7) is 6.10. The van der Waals surface area contributed by atoms with Crippen molar-refractivity contribution in [3.8, 4) is 11.5 Å². The summed E-state index contributed by atoms with van der Waals surface area (Å²) in [6, 6.07) is 5.67. The summed E-state index contributed by atoms with van der Waals surface area (Å²) in [4.78, 5) is 5.27. The second-order valence-electron chi connectivity index (χ2n) is 4.52. The third-order valence-electron chi connectivity index (χ3n) is 1.95. The van der Waals surface area contributed by atoms with E-state index in [-0.39, 0.29) is 12.4 Å². The zero-order chi connectivity index (χ0) is 11.6. The maximum Gasteiger partial charge on any atom is 0.231 e. The van der Waals surface area contributed by atoms with Crippen LogP contribution in [-0.4, -0.2) is 18.6 Å². The Bertz CT molecular complexity index is 407. The Morgan fingerprint density at radius 3 is 2.88 bits per heavy atom. The monoisotopic (exact) mass is 221 g/mol. The Kier molecular flexibility index (Phi) is 2.73.